The van der Waals surface area contributed by atoms with Crippen molar-refractivity contribution in [2.75, 3.05) is 13.1 Å². The van der Waals surface area contributed by atoms with Gasteiger partial charge < -0.3 is 37.2 Å². The van der Waals surface area contributed by atoms with Crippen LogP contribution < -0.4 is 32.3 Å². The Hall–Kier alpha value is -6.35. The monoisotopic (exact) mass is 810 g/mol. The molecule has 2 heterocycles. The van der Waals surface area contributed by atoms with E-state index in [2.05, 4.69) is 31.6 Å². The number of nitrogens with zero attached hydrogens (tertiary/aromatic N) is 2. The molecule has 1 aliphatic heterocycles. The van der Waals surface area contributed by atoms with Gasteiger partial charge in [0.05, 0.1) is 6.54 Å². The number of nitrogens with two attached hydrogens (primary N) is 1. The molecule has 7 N–H and O–H groups in total. The lowest BCUT2D eigenvalue weighted by atomic mass is 10.00. The van der Waals surface area contributed by atoms with Gasteiger partial charge in [-0.1, -0.05) is 72.3 Å². The van der Waals surface area contributed by atoms with Gasteiger partial charge in [0.1, 0.15) is 30.2 Å². The van der Waals surface area contributed by atoms with E-state index in [1.807, 2.05) is 42.5 Å². The van der Waals surface area contributed by atoms with Crippen LogP contribution in [-0.4, -0.2) is 94.5 Å². The summed E-state index contributed by atoms with van der Waals surface area (Å²) in [4.78, 5) is 97.6. The fourth-order valence-electron chi connectivity index (χ4n) is 6.71. The van der Waals surface area contributed by atoms with E-state index < -0.39 is 78.1 Å². The van der Waals surface area contributed by atoms with Crippen LogP contribution in [0.3, 0.4) is 0 Å². The molecule has 0 radical (unpaired) electrons. The number of rotatable bonds is 17. The number of fused-ring (bicyclic) bond motifs is 1. The molecule has 5 atom stereocenters. The van der Waals surface area contributed by atoms with Crippen LogP contribution in [0.2, 0.25) is 5.02 Å². The third-order valence-corrected chi connectivity index (χ3v) is 10.0. The fraction of sp³-hybridized carbons (Fsp3) is 0.333. The molecular weight excluding hydrogens is 764 g/mol. The highest BCUT2D eigenvalue weighted by Crippen LogP contribution is 2.19. The van der Waals surface area contributed by atoms with Gasteiger partial charge in [0.2, 0.25) is 41.4 Å². The first kappa shape index (κ1) is 42.8. The van der Waals surface area contributed by atoms with E-state index in [1.165, 1.54) is 24.9 Å². The SMILES string of the molecule is CC(=O)N[C@@H](Cc1ccc2ccccc2c1)C(=O)N[C@H](Cc1ccc(Cl)cc1)C(=O)N[C@H](Cc1ccccn1)C(=O)NCC(=O)N1CCC[C@@H]1C(=O)N[C@@H](C)C(N)=O. The number of aromatic nitrogens is 1. The number of nitrogens with one attached hydrogen (secondary N) is 5. The average molecular weight is 811 g/mol. The third kappa shape index (κ3) is 12.1. The summed E-state index contributed by atoms with van der Waals surface area (Å²) in [6.45, 7) is 2.52. The predicted octanol–water partition coefficient (Wildman–Crippen LogP) is 1.49. The third-order valence-electron chi connectivity index (χ3n) is 9.78. The second-order valence-corrected chi connectivity index (χ2v) is 14.6. The van der Waals surface area contributed by atoms with Gasteiger partial charge in [0.25, 0.3) is 0 Å². The van der Waals surface area contributed by atoms with Crippen molar-refractivity contribution in [2.24, 2.45) is 5.73 Å². The maximum absolute atomic E-state index is 14.2. The maximum Gasteiger partial charge on any atom is 0.243 e. The van der Waals surface area contributed by atoms with Crippen LogP contribution in [0.4, 0.5) is 0 Å². The first-order valence-corrected chi connectivity index (χ1v) is 19.3. The molecule has 304 valence electrons. The normalized spacial score (nSPS) is 15.6. The first-order valence-electron chi connectivity index (χ1n) is 18.9. The van der Waals surface area contributed by atoms with Crippen molar-refractivity contribution in [3.8, 4) is 0 Å². The van der Waals surface area contributed by atoms with E-state index >= 15 is 0 Å². The van der Waals surface area contributed by atoms with Crippen molar-refractivity contribution in [3.05, 3.63) is 113 Å². The Kier molecular flexibility index (Phi) is 14.9. The summed E-state index contributed by atoms with van der Waals surface area (Å²) < 4.78 is 0. The number of amides is 7. The molecule has 16 heteroatoms. The standard InChI is InChI=1S/C42H47ClN8O7/c1-25(38(44)54)47-42(58)36-11-7-19-51(36)37(53)24-46-39(55)35(23-32-10-5-6-18-45-32)50-41(57)34(21-27-13-16-31(43)17-14-27)49-40(56)33(48-26(2)52)22-28-12-15-29-8-3-4-9-30(29)20-28/h3-6,8-10,12-18,20,25,33-36H,7,11,19,21-24H2,1-2H3,(H2,44,54)(H,46,55)(H,47,58)(H,48,52)(H,49,56)(H,50,57)/t25-,33-,34+,35+,36+/m0/s1. The van der Waals surface area contributed by atoms with E-state index in [0.717, 1.165) is 16.3 Å². The quantitative estimate of drug-likeness (QED) is 0.0915. The van der Waals surface area contributed by atoms with E-state index in [-0.39, 0.29) is 25.8 Å². The number of halogens is 1. The van der Waals surface area contributed by atoms with Gasteiger partial charge in [-0.15, -0.1) is 0 Å². The minimum Gasteiger partial charge on any atom is -0.368 e. The molecule has 4 aromatic rings. The van der Waals surface area contributed by atoms with E-state index in [0.29, 0.717) is 29.1 Å². The van der Waals surface area contributed by atoms with Crippen molar-refractivity contribution in [1.29, 1.82) is 0 Å². The summed E-state index contributed by atoms with van der Waals surface area (Å²) in [5.74, 6) is -4.28. The zero-order valence-electron chi connectivity index (χ0n) is 32.2. The minimum absolute atomic E-state index is 0.000698. The van der Waals surface area contributed by atoms with Crippen LogP contribution in [-0.2, 0) is 52.8 Å². The molecule has 58 heavy (non-hydrogen) atoms. The predicted molar refractivity (Wildman–Crippen MR) is 217 cm³/mol. The second kappa shape index (κ2) is 20.2. The smallest absolute Gasteiger partial charge is 0.243 e. The van der Waals surface area contributed by atoms with Crippen LogP contribution >= 0.6 is 11.6 Å². The maximum atomic E-state index is 14.2. The van der Waals surface area contributed by atoms with Gasteiger partial charge in [-0.2, -0.15) is 0 Å². The van der Waals surface area contributed by atoms with Crippen molar-refractivity contribution in [2.45, 2.75) is 76.2 Å². The van der Waals surface area contributed by atoms with Crippen LogP contribution in [0.1, 0.15) is 43.5 Å². The van der Waals surface area contributed by atoms with E-state index in [1.54, 1.807) is 42.5 Å². The first-order chi connectivity index (χ1) is 27.8. The van der Waals surface area contributed by atoms with E-state index in [4.69, 9.17) is 17.3 Å². The topological polar surface area (TPSA) is 222 Å². The molecule has 15 nitrogen and oxygen atoms in total. The van der Waals surface area contributed by atoms with Gasteiger partial charge in [-0.25, -0.2) is 0 Å². The average Bonchev–Trinajstić information content (AvgIpc) is 3.71. The Labute approximate surface area is 340 Å². The summed E-state index contributed by atoms with van der Waals surface area (Å²) in [7, 11) is 0. The van der Waals surface area contributed by atoms with Crippen LogP contribution in [0.25, 0.3) is 10.8 Å². The van der Waals surface area contributed by atoms with Crippen LogP contribution in [0, 0.1) is 0 Å². The van der Waals surface area contributed by atoms with Gasteiger partial charge in [0.15, 0.2) is 0 Å². The number of pyridine rings is 1. The Morgan fingerprint density at radius 2 is 1.38 bits per heavy atom. The Morgan fingerprint density at radius 1 is 0.759 bits per heavy atom. The number of carbonyl (C=O) groups is 7. The molecule has 1 aliphatic rings. The van der Waals surface area contributed by atoms with Gasteiger partial charge in [0, 0.05) is 49.6 Å². The number of carbonyl (C=O) groups excluding carboxylic acids is 7. The second-order valence-electron chi connectivity index (χ2n) is 14.2. The van der Waals surface area contributed by atoms with Gasteiger partial charge in [-0.05, 0) is 65.9 Å². The molecule has 0 unspecified atom stereocenters. The number of hydrogen-bond donors (Lipinski definition) is 6. The molecule has 1 fully saturated rings. The molecule has 3 aromatic carbocycles. The fourth-order valence-corrected chi connectivity index (χ4v) is 6.84. The summed E-state index contributed by atoms with van der Waals surface area (Å²) in [5.41, 5.74) is 7.19. The lowest BCUT2D eigenvalue weighted by Crippen LogP contribution is -2.58. The van der Waals surface area contributed by atoms with Crippen molar-refractivity contribution in [3.63, 3.8) is 0 Å². The molecule has 1 aromatic heterocycles. The molecule has 1 saturated heterocycles. The highest BCUT2D eigenvalue weighted by molar-refractivity contribution is 6.30. The molecule has 0 saturated carbocycles. The molecule has 7 amide bonds. The highest BCUT2D eigenvalue weighted by atomic mass is 35.5. The summed E-state index contributed by atoms with van der Waals surface area (Å²) in [6.07, 6.45) is 2.50. The molecule has 0 aliphatic carbocycles. The van der Waals surface area contributed by atoms with Gasteiger partial charge >= 0.3 is 0 Å². The number of benzene rings is 3. The Morgan fingerprint density at radius 3 is 2.03 bits per heavy atom. The number of primary amides is 1. The molecule has 0 bridgehead atoms. The zero-order valence-corrected chi connectivity index (χ0v) is 33.0. The number of likely N-dealkylation sites (tertiary alicyclic amines) is 1. The molecular formula is C42H47ClN8O7. The lowest BCUT2D eigenvalue weighted by Gasteiger charge is -2.27. The Balaban J connectivity index is 1.34. The zero-order chi connectivity index (χ0) is 41.8. The largest absolute Gasteiger partial charge is 0.368 e. The van der Waals surface area contributed by atoms with Crippen molar-refractivity contribution < 1.29 is 33.6 Å². The van der Waals surface area contributed by atoms with Gasteiger partial charge in [-0.3, -0.25) is 38.5 Å². The summed E-state index contributed by atoms with van der Waals surface area (Å²) >= 11 is 6.12. The van der Waals surface area contributed by atoms with E-state index in [9.17, 15) is 33.6 Å². The van der Waals surface area contributed by atoms with Crippen LogP contribution in [0.15, 0.2) is 91.1 Å². The Bertz CT molecular complexity index is 2140. The van der Waals surface area contributed by atoms with Crippen molar-refractivity contribution in [1.82, 2.24) is 36.5 Å². The summed E-state index contributed by atoms with van der Waals surface area (Å²) in [5, 5.41) is 15.8. The highest BCUT2D eigenvalue weighted by Gasteiger charge is 2.36. The molecule has 0 spiro atoms. The number of hydrogen-bond acceptors (Lipinski definition) is 8. The summed E-state index contributed by atoms with van der Waals surface area (Å²) in [6, 6.07) is 20.0. The molecule has 5 rings (SSSR count). The van der Waals surface area contributed by atoms with Crippen LogP contribution in [0.5, 0.6) is 0 Å². The minimum atomic E-state index is -1.25. The lowest BCUT2D eigenvalue weighted by molar-refractivity contribution is -0.139. The van der Waals surface area contributed by atoms with Crippen molar-refractivity contribution >= 4 is 63.7 Å².